The van der Waals surface area contributed by atoms with Crippen molar-refractivity contribution in [1.82, 2.24) is 24.8 Å². The molecule has 9 rings (SSSR count). The molecule has 14 heteroatoms. The number of rotatable bonds is 12. The Morgan fingerprint density at radius 3 is 2.40 bits per heavy atom. The van der Waals surface area contributed by atoms with Crippen LogP contribution in [0.5, 0.6) is 11.5 Å². The molecule has 3 aliphatic rings. The molecule has 3 aliphatic heterocycles. The molecular weight excluding hydrogens is 835 g/mol. The molecular formula is C51H55N9O4S. The molecule has 1 fully saturated rings. The first-order valence-electron chi connectivity index (χ1n) is 22.1. The summed E-state index contributed by atoms with van der Waals surface area (Å²) in [6, 6.07) is 34.9. The van der Waals surface area contributed by atoms with Gasteiger partial charge in [-0.25, -0.2) is 19.9 Å². The van der Waals surface area contributed by atoms with Gasteiger partial charge in [-0.15, -0.1) is 11.8 Å². The van der Waals surface area contributed by atoms with Crippen LogP contribution in [-0.2, 0) is 9.53 Å². The molecule has 2 aromatic heterocycles. The third-order valence-electron chi connectivity index (χ3n) is 11.6. The van der Waals surface area contributed by atoms with Crippen molar-refractivity contribution in [3.63, 3.8) is 0 Å². The van der Waals surface area contributed by atoms with Gasteiger partial charge in [-0.05, 0) is 86.7 Å². The molecule has 3 atom stereocenters. The summed E-state index contributed by atoms with van der Waals surface area (Å²) in [5, 5.41) is 19.1. The minimum Gasteiger partial charge on any atom is -0.493 e. The molecule has 4 aromatic carbocycles. The number of morpholine rings is 1. The Hall–Kier alpha value is -6.69. The maximum Gasteiger partial charge on any atom is 0.260 e. The van der Waals surface area contributed by atoms with Crippen molar-refractivity contribution >= 4 is 35.0 Å². The summed E-state index contributed by atoms with van der Waals surface area (Å²) in [5.41, 5.74) is 9.49. The average Bonchev–Trinajstić information content (AvgIpc) is 3.70. The molecule has 0 aliphatic carbocycles. The fraction of sp³-hybridized carbons (Fsp3) is 0.333. The summed E-state index contributed by atoms with van der Waals surface area (Å²) >= 11 is 1.92. The molecule has 65 heavy (non-hydrogen) atoms. The third kappa shape index (κ3) is 11.3. The van der Waals surface area contributed by atoms with Gasteiger partial charge in [-0.3, -0.25) is 4.79 Å². The summed E-state index contributed by atoms with van der Waals surface area (Å²) in [6.45, 7) is 13.6. The van der Waals surface area contributed by atoms with Crippen molar-refractivity contribution in [2.24, 2.45) is 0 Å². The van der Waals surface area contributed by atoms with E-state index in [1.54, 1.807) is 4.90 Å². The molecule has 1 unspecified atom stereocenters. The van der Waals surface area contributed by atoms with Crippen LogP contribution in [0.15, 0.2) is 102 Å². The van der Waals surface area contributed by atoms with E-state index in [0.29, 0.717) is 50.4 Å². The van der Waals surface area contributed by atoms with E-state index in [-0.39, 0.29) is 31.1 Å². The zero-order valence-electron chi connectivity index (χ0n) is 37.6. The molecule has 5 heterocycles. The van der Waals surface area contributed by atoms with E-state index >= 15 is 0 Å². The number of benzene rings is 4. The van der Waals surface area contributed by atoms with Crippen LogP contribution in [0, 0.1) is 32.1 Å². The Bertz CT molecular complexity index is 2680. The molecule has 3 N–H and O–H groups in total. The topological polar surface area (TPSA) is 159 Å². The lowest BCUT2D eigenvalue weighted by molar-refractivity contribution is -0.137. The molecule has 0 saturated carbocycles. The highest BCUT2D eigenvalue weighted by Crippen LogP contribution is 2.41. The van der Waals surface area contributed by atoms with Crippen molar-refractivity contribution in [2.45, 2.75) is 63.9 Å². The fourth-order valence-electron chi connectivity index (χ4n) is 8.11. The predicted molar refractivity (Wildman–Crippen MR) is 257 cm³/mol. The maximum atomic E-state index is 12.4. The second kappa shape index (κ2) is 20.9. The van der Waals surface area contributed by atoms with E-state index in [4.69, 9.17) is 24.5 Å². The summed E-state index contributed by atoms with van der Waals surface area (Å²) in [6.07, 6.45) is 0.877. The number of thioether (sulfide) groups is 1. The molecule has 0 bridgehead atoms. The number of ether oxygens (including phenoxy) is 3. The standard InChI is InChI=1S/C28H32N4O3S.C23H23N5O/c1-18-17-36-26-8-7-22(14-24(18)26)25-15-27(31-20(3)30-25)29-19(2)21-5-4-6-23(13-21)35-16-28(33)32-9-11-34-12-10-32;1-15-7-8-17(13-20(15)25-11-10-24)21-14-23(27-16(2)26-21)28-19-9-12-29-22-6-4-3-5-18(19)22/h4-8,13-15,18-19H,9-12,16-17H2,1-3H3,(H,29,30,31);3-8,13-14,19,25H,9,11-12H2,1-2H3,(H,26,27,28)/t18?,19-;19-/m11/s1. The number of fused-ring (bicyclic) bond motifs is 2. The fourth-order valence-corrected chi connectivity index (χ4v) is 9.31. The molecule has 13 nitrogen and oxygen atoms in total. The van der Waals surface area contributed by atoms with Crippen LogP contribution in [0.25, 0.3) is 22.5 Å². The number of para-hydroxylation sites is 1. The Morgan fingerprint density at radius 1 is 0.862 bits per heavy atom. The van der Waals surface area contributed by atoms with Gasteiger partial charge in [0.1, 0.15) is 41.3 Å². The van der Waals surface area contributed by atoms with Gasteiger partial charge in [0, 0.05) is 64.7 Å². The number of aromatic nitrogens is 4. The van der Waals surface area contributed by atoms with Crippen molar-refractivity contribution in [3.8, 4) is 40.1 Å². The number of anilines is 3. The van der Waals surface area contributed by atoms with Crippen LogP contribution in [0.3, 0.4) is 0 Å². The van der Waals surface area contributed by atoms with Crippen LogP contribution in [0.4, 0.5) is 17.3 Å². The lowest BCUT2D eigenvalue weighted by atomic mass is 9.99. The van der Waals surface area contributed by atoms with E-state index in [1.807, 2.05) is 105 Å². The van der Waals surface area contributed by atoms with Crippen LogP contribution < -0.4 is 25.4 Å². The second-order valence-electron chi connectivity index (χ2n) is 16.5. The van der Waals surface area contributed by atoms with Gasteiger partial charge < -0.3 is 35.1 Å². The number of carbonyl (C=O) groups excluding carboxylic acids is 1. The minimum atomic E-state index is -0.0154. The zero-order valence-corrected chi connectivity index (χ0v) is 38.4. The van der Waals surface area contributed by atoms with E-state index in [9.17, 15) is 4.79 Å². The van der Waals surface area contributed by atoms with Crippen molar-refractivity contribution < 1.29 is 19.0 Å². The normalized spacial score (nSPS) is 16.6. The van der Waals surface area contributed by atoms with Gasteiger partial charge in [0.15, 0.2) is 6.61 Å². The van der Waals surface area contributed by atoms with Crippen molar-refractivity contribution in [3.05, 3.63) is 131 Å². The number of nitriles is 1. The van der Waals surface area contributed by atoms with Gasteiger partial charge in [0.25, 0.3) is 5.91 Å². The number of hydrogen-bond donors (Lipinski definition) is 3. The third-order valence-corrected chi connectivity index (χ3v) is 13.0. The zero-order chi connectivity index (χ0) is 45.3. The molecule has 0 radical (unpaired) electrons. The van der Waals surface area contributed by atoms with Crippen LogP contribution in [0.1, 0.15) is 72.2 Å². The first-order chi connectivity index (χ1) is 31.6. The van der Waals surface area contributed by atoms with Gasteiger partial charge >= 0.3 is 0 Å². The molecule has 0 spiro atoms. The number of amides is 1. The number of nitrogens with zero attached hydrogens (tertiary/aromatic N) is 6. The van der Waals surface area contributed by atoms with Crippen LogP contribution >= 0.6 is 11.8 Å². The lowest BCUT2D eigenvalue weighted by Gasteiger charge is -2.27. The Kier molecular flexibility index (Phi) is 14.4. The number of carbonyl (C=O) groups is 1. The van der Waals surface area contributed by atoms with E-state index in [2.05, 4.69) is 75.1 Å². The van der Waals surface area contributed by atoms with Gasteiger partial charge in [-0.1, -0.05) is 55.5 Å². The first-order valence-corrected chi connectivity index (χ1v) is 23.1. The number of aryl methyl sites for hydroxylation is 3. The van der Waals surface area contributed by atoms with Gasteiger partial charge in [0.05, 0.1) is 49.4 Å². The van der Waals surface area contributed by atoms with Gasteiger partial charge in [0.2, 0.25) is 0 Å². The quantitative estimate of drug-likeness (QED) is 0.0998. The van der Waals surface area contributed by atoms with Crippen molar-refractivity contribution in [1.29, 1.82) is 5.26 Å². The predicted octanol–water partition coefficient (Wildman–Crippen LogP) is 9.70. The molecule has 334 valence electrons. The first kappa shape index (κ1) is 44.9. The van der Waals surface area contributed by atoms with E-state index in [0.717, 1.165) is 80.3 Å². The monoisotopic (exact) mass is 889 g/mol. The summed E-state index contributed by atoms with van der Waals surface area (Å²) in [7, 11) is 0. The second-order valence-corrected chi connectivity index (χ2v) is 17.5. The average molecular weight is 890 g/mol. The van der Waals surface area contributed by atoms with E-state index < -0.39 is 0 Å². The van der Waals surface area contributed by atoms with Crippen LogP contribution in [-0.4, -0.2) is 82.6 Å². The summed E-state index contributed by atoms with van der Waals surface area (Å²) in [4.78, 5) is 34.1. The lowest BCUT2D eigenvalue weighted by Crippen LogP contribution is -2.42. The maximum absolute atomic E-state index is 12.4. The molecule has 1 saturated heterocycles. The Labute approximate surface area is 385 Å². The SMILES string of the molecule is Cc1nc(N[C@@H]2CCOc3ccccc32)cc(-c2ccc(C)c(NCC#N)c2)n1.Cc1nc(N[C@H](C)c2cccc(OCC(=O)N3CCOCC3)c2)cc(-c2ccc3c(c2)C(C)CS3)n1. The smallest absolute Gasteiger partial charge is 0.260 e. The highest BCUT2D eigenvalue weighted by Gasteiger charge is 2.23. The summed E-state index contributed by atoms with van der Waals surface area (Å²) < 4.78 is 16.9. The van der Waals surface area contributed by atoms with Gasteiger partial charge in [-0.2, -0.15) is 5.26 Å². The van der Waals surface area contributed by atoms with Crippen molar-refractivity contribution in [2.75, 3.05) is 67.8 Å². The number of nitrogens with one attached hydrogen (secondary N) is 3. The molecule has 6 aromatic rings. The highest BCUT2D eigenvalue weighted by atomic mass is 32.2. The minimum absolute atomic E-state index is 0.0120. The molecule has 1 amide bonds. The van der Waals surface area contributed by atoms with Crippen LogP contribution in [0.2, 0.25) is 0 Å². The Morgan fingerprint density at radius 2 is 1.60 bits per heavy atom. The largest absolute Gasteiger partial charge is 0.493 e. The Balaban J connectivity index is 0.000000181. The number of hydrogen-bond acceptors (Lipinski definition) is 13. The highest BCUT2D eigenvalue weighted by molar-refractivity contribution is 7.99. The summed E-state index contributed by atoms with van der Waals surface area (Å²) in [5.74, 6) is 6.28. The van der Waals surface area contributed by atoms with E-state index in [1.165, 1.54) is 10.5 Å².